The van der Waals surface area contributed by atoms with Gasteiger partial charge in [-0.3, -0.25) is 14.4 Å². The maximum absolute atomic E-state index is 14.8. The van der Waals surface area contributed by atoms with Gasteiger partial charge in [0, 0.05) is 92.2 Å². The summed E-state index contributed by atoms with van der Waals surface area (Å²) in [5, 5.41) is 59.2. The van der Waals surface area contributed by atoms with E-state index in [-0.39, 0.29) is 66.7 Å². The van der Waals surface area contributed by atoms with Crippen molar-refractivity contribution < 1.29 is 53.7 Å². The highest BCUT2D eigenvalue weighted by Crippen LogP contribution is 2.42. The summed E-state index contributed by atoms with van der Waals surface area (Å²) >= 11 is 0. The number of carbonyl (C=O) groups is 1. The van der Waals surface area contributed by atoms with Crippen LogP contribution >= 0.6 is 0 Å². The predicted molar refractivity (Wildman–Crippen MR) is 238 cm³/mol. The number of aliphatic hydroxyl groups is 4. The minimum absolute atomic E-state index is 0.00642. The van der Waals surface area contributed by atoms with E-state index in [0.29, 0.717) is 31.6 Å². The van der Waals surface area contributed by atoms with Crippen LogP contribution in [0.25, 0.3) is 38.7 Å². The molecule has 1 saturated heterocycles. The Bertz CT molecular complexity index is 2720. The van der Waals surface area contributed by atoms with Crippen LogP contribution in [0.4, 0.5) is 11.4 Å². The zero-order chi connectivity index (χ0) is 45.8. The number of aromatic hydroxyl groups is 1. The minimum Gasteiger partial charge on any atom is -0.507 e. The molecule has 5 bridgehead atoms. The second-order valence-corrected chi connectivity index (χ2v) is 17.4. The van der Waals surface area contributed by atoms with Gasteiger partial charge in [0.15, 0.2) is 22.4 Å². The SMILES string of the molecule is CO[C@@H]1[C@@H](C)[C@@H](O)[C@@H](C)[C@H](O)[C@H](C)[C@@H](OC)/C=C/O[C@@]2(C)Oc3c(C)c(O)c4c(=O)c(c5oc6cc(N7CCC(O)CC7)cc(=O)c6nc5c4c3=C2O)NC(=O)/C(C)=C\C=C\[C@@H]1C. The molecule has 0 radical (unpaired) electrons. The Kier molecular flexibility index (Phi) is 12.7. The molecule has 338 valence electrons. The number of phenolic OH excluding ortho intramolecular Hbond substituents is 1. The van der Waals surface area contributed by atoms with Crippen molar-refractivity contribution >= 4 is 56.0 Å². The summed E-state index contributed by atoms with van der Waals surface area (Å²) in [4.78, 5) is 49.3. The van der Waals surface area contributed by atoms with E-state index in [4.69, 9.17) is 28.3 Å². The minimum atomic E-state index is -1.95. The lowest BCUT2D eigenvalue weighted by Crippen LogP contribution is -2.45. The van der Waals surface area contributed by atoms with Crippen LogP contribution in [0.3, 0.4) is 0 Å². The highest BCUT2D eigenvalue weighted by molar-refractivity contribution is 6.16. The molecular formula is C47H57N3O13. The van der Waals surface area contributed by atoms with Crippen molar-refractivity contribution in [2.24, 2.45) is 23.7 Å². The zero-order valence-electron chi connectivity index (χ0n) is 37.0. The number of benzene rings is 3. The van der Waals surface area contributed by atoms with Crippen molar-refractivity contribution in [2.75, 3.05) is 37.5 Å². The van der Waals surface area contributed by atoms with E-state index >= 15 is 0 Å². The van der Waals surface area contributed by atoms with Gasteiger partial charge in [-0.15, -0.1) is 0 Å². The van der Waals surface area contributed by atoms with Gasteiger partial charge in [-0.25, -0.2) is 4.98 Å². The van der Waals surface area contributed by atoms with Crippen LogP contribution in [0.5, 0.6) is 11.5 Å². The molecule has 1 fully saturated rings. The monoisotopic (exact) mass is 871 g/mol. The van der Waals surface area contributed by atoms with E-state index < -0.39 is 82.3 Å². The Morgan fingerprint density at radius 1 is 0.889 bits per heavy atom. The number of nitrogens with zero attached hydrogens (tertiary/aromatic N) is 2. The zero-order valence-corrected chi connectivity index (χ0v) is 37.0. The van der Waals surface area contributed by atoms with Gasteiger partial charge in [-0.1, -0.05) is 45.9 Å². The largest absolute Gasteiger partial charge is 0.507 e. The fraction of sp³-hybridized carbons (Fsp3) is 0.489. The number of methoxy groups -OCH3 is 2. The number of hydrogen-bond acceptors (Lipinski definition) is 15. The van der Waals surface area contributed by atoms with Crippen molar-refractivity contribution in [1.82, 2.24) is 4.98 Å². The Balaban J connectivity index is 1.49. The van der Waals surface area contributed by atoms with Crippen LogP contribution in [0.1, 0.15) is 59.9 Å². The molecule has 0 spiro atoms. The number of fused-ring (bicyclic) bond motifs is 14. The molecule has 4 aliphatic rings. The Labute approximate surface area is 363 Å². The fourth-order valence-electron chi connectivity index (χ4n) is 9.21. The molecule has 1 amide bonds. The first-order chi connectivity index (χ1) is 29.8. The summed E-state index contributed by atoms with van der Waals surface area (Å²) in [7, 11) is 3.00. The summed E-state index contributed by atoms with van der Waals surface area (Å²) in [5.41, 5.74) is -1.47. The number of carbonyl (C=O) groups excluding carboxylic acids is 1. The summed E-state index contributed by atoms with van der Waals surface area (Å²) in [5.74, 6) is -5.62. The van der Waals surface area contributed by atoms with Crippen molar-refractivity contribution in [1.29, 1.82) is 0 Å². The van der Waals surface area contributed by atoms with Crippen LogP contribution in [0.2, 0.25) is 0 Å². The Hall–Kier alpha value is -5.52. The highest BCUT2D eigenvalue weighted by Gasteiger charge is 2.44. The van der Waals surface area contributed by atoms with Gasteiger partial charge in [-0.2, -0.15) is 0 Å². The second kappa shape index (κ2) is 17.6. The van der Waals surface area contributed by atoms with E-state index in [1.165, 1.54) is 39.4 Å². The van der Waals surface area contributed by atoms with Crippen molar-refractivity contribution in [3.63, 3.8) is 0 Å². The number of phenols is 1. The number of piperidine rings is 1. The summed E-state index contributed by atoms with van der Waals surface area (Å²) < 4.78 is 30.3. The predicted octanol–water partition coefficient (Wildman–Crippen LogP) is 4.60. The quantitative estimate of drug-likeness (QED) is 0.122. The van der Waals surface area contributed by atoms with Gasteiger partial charge in [0.25, 0.3) is 5.91 Å². The first-order valence-electron chi connectivity index (χ1n) is 21.3. The van der Waals surface area contributed by atoms with Gasteiger partial charge in [-0.05, 0) is 32.8 Å². The number of rotatable bonds is 3. The van der Waals surface area contributed by atoms with Gasteiger partial charge in [0.1, 0.15) is 22.7 Å². The number of anilines is 2. The number of ether oxygens (including phenoxy) is 4. The molecule has 4 aliphatic heterocycles. The van der Waals surface area contributed by atoms with Crippen molar-refractivity contribution in [3.8, 4) is 11.5 Å². The van der Waals surface area contributed by atoms with E-state index in [1.54, 1.807) is 46.1 Å². The lowest BCUT2D eigenvalue weighted by atomic mass is 9.78. The van der Waals surface area contributed by atoms with Gasteiger partial charge >= 0.3 is 5.79 Å². The molecule has 8 rings (SSSR count). The maximum Gasteiger partial charge on any atom is 0.307 e. The van der Waals surface area contributed by atoms with Gasteiger partial charge < -0.3 is 59.1 Å². The average molecular weight is 872 g/mol. The van der Waals surface area contributed by atoms with E-state index in [0.717, 1.165) is 0 Å². The van der Waals surface area contributed by atoms with Crippen LogP contribution in [0, 0.1) is 30.6 Å². The van der Waals surface area contributed by atoms with Crippen LogP contribution in [0.15, 0.2) is 62.3 Å². The molecule has 4 aromatic rings. The standard InChI is InChI=1S/C47H57N3O13/c1-21-11-10-12-22(2)46(58)49-37-41(56)33-32(36-44(37)62-31-20-27(19-29(52)35(31)48-36)50-16-13-28(51)14-17-50)34-43(26(6)40(33)55)63-47(7,45(34)57)61-18-15-30(59-8)23(3)38(53)24(4)39(54)25(5)42(21)60-9/h10-12,15,18-21,23-25,28,30,38-39,42,51,53-55,57H,13-14,16-17H2,1-9H3,(H,49,58)/b11-10+,18-15+,22-12-/t21-,23+,24-,25-,30-,38+,39-,42-,47-/m0/s1. The molecule has 16 nitrogen and oxygen atoms in total. The number of allylic oxidation sites excluding steroid dienone is 2. The molecule has 0 aliphatic carbocycles. The molecule has 0 unspecified atom stereocenters. The third-order valence-corrected chi connectivity index (χ3v) is 13.2. The number of nitrogens with one attached hydrogen (secondary N) is 1. The Morgan fingerprint density at radius 2 is 1.57 bits per heavy atom. The molecule has 1 aromatic heterocycles. The molecule has 3 aromatic carbocycles. The third kappa shape index (κ3) is 8.03. The molecule has 9 atom stereocenters. The summed E-state index contributed by atoms with van der Waals surface area (Å²) in [6.45, 7) is 12.7. The van der Waals surface area contributed by atoms with Crippen LogP contribution in [-0.2, 0) is 19.0 Å². The maximum atomic E-state index is 14.8. The first-order valence-corrected chi connectivity index (χ1v) is 21.3. The molecule has 63 heavy (non-hydrogen) atoms. The number of aliphatic hydroxyl groups excluding tert-OH is 4. The van der Waals surface area contributed by atoms with Gasteiger partial charge in [0.2, 0.25) is 10.9 Å². The molecule has 0 saturated carbocycles. The van der Waals surface area contributed by atoms with Gasteiger partial charge in [0.05, 0.1) is 47.4 Å². The average Bonchev–Trinajstić information content (AvgIpc) is 3.52. The van der Waals surface area contributed by atoms with Crippen LogP contribution in [-0.4, -0.2) is 100 Å². The first kappa shape index (κ1) is 45.5. The molecule has 6 N–H and O–H groups in total. The summed E-state index contributed by atoms with van der Waals surface area (Å²) in [6.07, 6.45) is 5.08. The topological polar surface area (TPSA) is 231 Å². The lowest BCUT2D eigenvalue weighted by molar-refractivity contribution is -0.112. The normalized spacial score (nSPS) is 30.9. The fourth-order valence-corrected chi connectivity index (χ4v) is 9.21. The second-order valence-electron chi connectivity index (χ2n) is 17.4. The molecular weight excluding hydrogens is 815 g/mol. The molecule has 5 heterocycles. The molecule has 16 heteroatoms. The summed E-state index contributed by atoms with van der Waals surface area (Å²) in [6, 6.07) is 3.02. The lowest BCUT2D eigenvalue weighted by Gasteiger charge is -2.37. The highest BCUT2D eigenvalue weighted by atomic mass is 16.7. The number of hydrogen-bond donors (Lipinski definition) is 6. The van der Waals surface area contributed by atoms with Crippen LogP contribution < -0.4 is 31.0 Å². The van der Waals surface area contributed by atoms with Crippen molar-refractivity contribution in [3.05, 3.63) is 79.5 Å². The van der Waals surface area contributed by atoms with Crippen molar-refractivity contribution in [2.45, 2.75) is 97.6 Å². The van der Waals surface area contributed by atoms with E-state index in [2.05, 4.69) is 5.32 Å². The smallest absolute Gasteiger partial charge is 0.307 e. The van der Waals surface area contributed by atoms with E-state index in [9.17, 15) is 39.9 Å². The number of aromatic nitrogens is 1. The number of amides is 1. The third-order valence-electron chi connectivity index (χ3n) is 13.2. The van der Waals surface area contributed by atoms with E-state index in [1.807, 2.05) is 24.8 Å². The Morgan fingerprint density at radius 3 is 2.24 bits per heavy atom.